The molecule has 1 aromatic carbocycles. The number of ether oxygens (including phenoxy) is 1. The van der Waals surface area contributed by atoms with Gasteiger partial charge in [0.05, 0.1) is 22.5 Å². The van der Waals surface area contributed by atoms with Crippen molar-refractivity contribution in [3.05, 3.63) is 51.7 Å². The summed E-state index contributed by atoms with van der Waals surface area (Å²) in [6.45, 7) is 1.90. The topological polar surface area (TPSA) is 42.4 Å². The molecular weight excluding hydrogens is 330 g/mol. The van der Waals surface area contributed by atoms with Gasteiger partial charge < -0.3 is 9.84 Å². The molecule has 1 heterocycles. The summed E-state index contributed by atoms with van der Waals surface area (Å²) < 4.78 is 6.46. The molecule has 1 atom stereocenters. The van der Waals surface area contributed by atoms with E-state index in [-0.39, 0.29) is 0 Å². The first-order valence-corrected chi connectivity index (χ1v) is 7.04. The number of halogens is 2. The van der Waals surface area contributed by atoms with Crippen LogP contribution in [0, 0.1) is 0 Å². The summed E-state index contributed by atoms with van der Waals surface area (Å²) >= 11 is 9.25. The lowest BCUT2D eigenvalue weighted by Crippen LogP contribution is -1.98. The third-order valence-corrected chi connectivity index (χ3v) is 3.46. The van der Waals surface area contributed by atoms with E-state index in [0.29, 0.717) is 28.6 Å². The highest BCUT2D eigenvalue weighted by Gasteiger charge is 2.07. The minimum absolute atomic E-state index is 0.531. The number of rotatable bonds is 4. The second-order valence-corrected chi connectivity index (χ2v) is 5.31. The van der Waals surface area contributed by atoms with Crippen LogP contribution in [0.1, 0.15) is 25.1 Å². The smallest absolute Gasteiger partial charge is 0.145 e. The summed E-state index contributed by atoms with van der Waals surface area (Å²) in [7, 11) is 0. The van der Waals surface area contributed by atoms with E-state index >= 15 is 0 Å². The molecule has 5 heteroatoms. The van der Waals surface area contributed by atoms with Crippen LogP contribution in [0.25, 0.3) is 0 Å². The molecule has 2 aromatic rings. The first-order valence-electron chi connectivity index (χ1n) is 5.87. The highest BCUT2D eigenvalue weighted by molar-refractivity contribution is 9.10. The zero-order valence-corrected chi connectivity index (χ0v) is 12.6. The fourth-order valence-electron chi connectivity index (χ4n) is 1.54. The summed E-state index contributed by atoms with van der Waals surface area (Å²) in [5, 5.41) is 10.3. The minimum Gasteiger partial charge on any atom is -0.455 e. The largest absolute Gasteiger partial charge is 0.455 e. The van der Waals surface area contributed by atoms with Gasteiger partial charge in [-0.3, -0.25) is 4.98 Å². The molecule has 0 aliphatic carbocycles. The molecule has 0 fully saturated rings. The van der Waals surface area contributed by atoms with Crippen molar-refractivity contribution in [1.29, 1.82) is 0 Å². The third kappa shape index (κ3) is 3.69. The lowest BCUT2D eigenvalue weighted by Gasteiger charge is -2.10. The normalized spacial score (nSPS) is 12.2. The SMILES string of the molecule is CCC(O)c1ccc(Oc2ccc(Cl)cc2Br)cn1. The Labute approximate surface area is 125 Å². The fourth-order valence-corrected chi connectivity index (χ4v) is 2.31. The Hall–Kier alpha value is -1.10. The Morgan fingerprint density at radius 3 is 2.74 bits per heavy atom. The van der Waals surface area contributed by atoms with E-state index in [4.69, 9.17) is 16.3 Å². The molecule has 19 heavy (non-hydrogen) atoms. The van der Waals surface area contributed by atoms with Gasteiger partial charge in [-0.2, -0.15) is 0 Å². The summed E-state index contributed by atoms with van der Waals surface area (Å²) in [6.07, 6.45) is 1.70. The number of aliphatic hydroxyl groups excluding tert-OH is 1. The van der Waals surface area contributed by atoms with Crippen molar-refractivity contribution in [2.24, 2.45) is 0 Å². The second kappa shape index (κ2) is 6.37. The molecule has 0 amide bonds. The first-order chi connectivity index (χ1) is 9.10. The van der Waals surface area contributed by atoms with Crippen LogP contribution in [0.15, 0.2) is 41.0 Å². The molecule has 0 saturated carbocycles. The van der Waals surface area contributed by atoms with E-state index < -0.39 is 6.10 Å². The zero-order valence-electron chi connectivity index (χ0n) is 10.3. The van der Waals surface area contributed by atoms with E-state index in [1.54, 1.807) is 36.5 Å². The van der Waals surface area contributed by atoms with Crippen LogP contribution in [0.2, 0.25) is 5.02 Å². The number of hydrogen-bond donors (Lipinski definition) is 1. The highest BCUT2D eigenvalue weighted by atomic mass is 79.9. The number of benzene rings is 1. The number of aromatic nitrogens is 1. The van der Waals surface area contributed by atoms with Crippen LogP contribution in [0.5, 0.6) is 11.5 Å². The number of pyridine rings is 1. The van der Waals surface area contributed by atoms with Crippen molar-refractivity contribution >= 4 is 27.5 Å². The van der Waals surface area contributed by atoms with Gasteiger partial charge in [0.2, 0.25) is 0 Å². The predicted molar refractivity (Wildman–Crippen MR) is 78.7 cm³/mol. The van der Waals surface area contributed by atoms with Gasteiger partial charge >= 0.3 is 0 Å². The van der Waals surface area contributed by atoms with E-state index in [1.165, 1.54) is 0 Å². The maximum Gasteiger partial charge on any atom is 0.145 e. The minimum atomic E-state index is -0.531. The Morgan fingerprint density at radius 1 is 1.37 bits per heavy atom. The number of nitrogens with zero attached hydrogens (tertiary/aromatic N) is 1. The van der Waals surface area contributed by atoms with Crippen molar-refractivity contribution in [3.63, 3.8) is 0 Å². The Balaban J connectivity index is 2.15. The van der Waals surface area contributed by atoms with Gasteiger partial charge in [-0.1, -0.05) is 18.5 Å². The van der Waals surface area contributed by atoms with Gasteiger partial charge in [-0.05, 0) is 52.7 Å². The number of aliphatic hydroxyl groups is 1. The van der Waals surface area contributed by atoms with E-state index in [2.05, 4.69) is 20.9 Å². The molecule has 100 valence electrons. The van der Waals surface area contributed by atoms with Crippen molar-refractivity contribution in [3.8, 4) is 11.5 Å². The van der Waals surface area contributed by atoms with Gasteiger partial charge in [0.1, 0.15) is 11.5 Å². The standard InChI is InChI=1S/C14H13BrClNO2/c1-2-13(18)12-5-4-10(8-17-12)19-14-6-3-9(16)7-11(14)15/h3-8,13,18H,2H2,1H3. The van der Waals surface area contributed by atoms with E-state index in [0.717, 1.165) is 4.47 Å². The molecule has 1 aromatic heterocycles. The number of hydrogen-bond acceptors (Lipinski definition) is 3. The lowest BCUT2D eigenvalue weighted by atomic mass is 10.2. The molecule has 0 radical (unpaired) electrons. The Morgan fingerprint density at radius 2 is 2.16 bits per heavy atom. The fraction of sp³-hybridized carbons (Fsp3) is 0.214. The first kappa shape index (κ1) is 14.3. The molecule has 0 aliphatic heterocycles. The second-order valence-electron chi connectivity index (χ2n) is 4.02. The molecule has 0 aliphatic rings. The Bertz CT molecular complexity index is 560. The lowest BCUT2D eigenvalue weighted by molar-refractivity contribution is 0.169. The van der Waals surface area contributed by atoms with Crippen LogP contribution < -0.4 is 4.74 Å². The van der Waals surface area contributed by atoms with Gasteiger partial charge in [0.25, 0.3) is 0 Å². The predicted octanol–water partition coefficient (Wildman–Crippen LogP) is 4.73. The van der Waals surface area contributed by atoms with Crippen LogP contribution >= 0.6 is 27.5 Å². The highest BCUT2D eigenvalue weighted by Crippen LogP contribution is 2.31. The quantitative estimate of drug-likeness (QED) is 0.873. The molecular formula is C14H13BrClNO2. The molecule has 0 spiro atoms. The van der Waals surface area contributed by atoms with Crippen LogP contribution in [0.4, 0.5) is 0 Å². The molecule has 3 nitrogen and oxygen atoms in total. The van der Waals surface area contributed by atoms with Gasteiger partial charge in [0.15, 0.2) is 0 Å². The summed E-state index contributed by atoms with van der Waals surface area (Å²) in [5.41, 5.74) is 0.644. The average Bonchev–Trinajstić information content (AvgIpc) is 2.42. The van der Waals surface area contributed by atoms with Gasteiger partial charge in [-0.25, -0.2) is 0 Å². The Kier molecular flexibility index (Phi) is 4.80. The van der Waals surface area contributed by atoms with Crippen LogP contribution in [-0.2, 0) is 0 Å². The molecule has 0 bridgehead atoms. The summed E-state index contributed by atoms with van der Waals surface area (Å²) in [6, 6.07) is 8.83. The maximum absolute atomic E-state index is 9.66. The van der Waals surface area contributed by atoms with Crippen LogP contribution in [0.3, 0.4) is 0 Å². The summed E-state index contributed by atoms with van der Waals surface area (Å²) in [5.74, 6) is 1.27. The van der Waals surface area contributed by atoms with Gasteiger partial charge in [-0.15, -0.1) is 0 Å². The van der Waals surface area contributed by atoms with Crippen molar-refractivity contribution < 1.29 is 9.84 Å². The molecule has 1 N–H and O–H groups in total. The molecule has 2 rings (SSSR count). The monoisotopic (exact) mass is 341 g/mol. The van der Waals surface area contributed by atoms with Crippen molar-refractivity contribution in [1.82, 2.24) is 4.98 Å². The van der Waals surface area contributed by atoms with Gasteiger partial charge in [0, 0.05) is 5.02 Å². The maximum atomic E-state index is 9.66. The van der Waals surface area contributed by atoms with Crippen molar-refractivity contribution in [2.45, 2.75) is 19.4 Å². The van der Waals surface area contributed by atoms with E-state index in [9.17, 15) is 5.11 Å². The zero-order chi connectivity index (χ0) is 13.8. The summed E-state index contributed by atoms with van der Waals surface area (Å²) in [4.78, 5) is 4.18. The average molecular weight is 343 g/mol. The molecule has 1 unspecified atom stereocenters. The van der Waals surface area contributed by atoms with Crippen molar-refractivity contribution in [2.75, 3.05) is 0 Å². The molecule has 0 saturated heterocycles. The van der Waals surface area contributed by atoms with E-state index in [1.807, 2.05) is 6.92 Å². The van der Waals surface area contributed by atoms with Crippen LogP contribution in [-0.4, -0.2) is 10.1 Å². The third-order valence-electron chi connectivity index (χ3n) is 2.61.